The van der Waals surface area contributed by atoms with Gasteiger partial charge in [0.15, 0.2) is 0 Å². The summed E-state index contributed by atoms with van der Waals surface area (Å²) in [7, 11) is 1.68. The monoisotopic (exact) mass is 273 g/mol. The van der Waals surface area contributed by atoms with Crippen LogP contribution < -0.4 is 9.64 Å². The molecule has 0 radical (unpaired) electrons. The standard InChI is InChI=1S/C17H23NO2/c1-5-6-10-18-15-8-7-13(20-4)12-14(15)17(2,3)16(18)9-11-19/h7-9,11-12H,5-6,10H2,1-4H3. The van der Waals surface area contributed by atoms with E-state index in [2.05, 4.69) is 37.8 Å². The van der Waals surface area contributed by atoms with Crippen molar-refractivity contribution in [3.05, 3.63) is 35.5 Å². The minimum atomic E-state index is -0.168. The second-order valence-corrected chi connectivity index (χ2v) is 5.70. The smallest absolute Gasteiger partial charge is 0.144 e. The van der Waals surface area contributed by atoms with Gasteiger partial charge in [0.2, 0.25) is 0 Å². The van der Waals surface area contributed by atoms with Crippen molar-refractivity contribution in [2.45, 2.75) is 39.0 Å². The molecule has 2 rings (SSSR count). The van der Waals surface area contributed by atoms with Crippen LogP contribution in [-0.2, 0) is 10.2 Å². The molecule has 0 saturated heterocycles. The lowest BCUT2D eigenvalue weighted by Gasteiger charge is -2.26. The summed E-state index contributed by atoms with van der Waals surface area (Å²) in [5.74, 6) is 0.861. The van der Waals surface area contributed by atoms with Crippen LogP contribution in [0.1, 0.15) is 39.2 Å². The van der Waals surface area contributed by atoms with E-state index >= 15 is 0 Å². The third-order valence-corrected chi connectivity index (χ3v) is 4.06. The number of anilines is 1. The summed E-state index contributed by atoms with van der Waals surface area (Å²) in [4.78, 5) is 13.3. The molecule has 3 nitrogen and oxygen atoms in total. The molecular formula is C17H23NO2. The minimum Gasteiger partial charge on any atom is -0.497 e. The first-order valence-electron chi connectivity index (χ1n) is 7.18. The number of fused-ring (bicyclic) bond motifs is 1. The molecule has 0 atom stereocenters. The van der Waals surface area contributed by atoms with Crippen molar-refractivity contribution in [3.63, 3.8) is 0 Å². The molecule has 1 aliphatic rings. The number of allylic oxidation sites excluding steroid dienone is 2. The van der Waals surface area contributed by atoms with Crippen molar-refractivity contribution in [3.8, 4) is 5.75 Å². The van der Waals surface area contributed by atoms with Crippen molar-refractivity contribution in [2.75, 3.05) is 18.6 Å². The zero-order chi connectivity index (χ0) is 14.8. The third kappa shape index (κ3) is 2.33. The van der Waals surface area contributed by atoms with Gasteiger partial charge in [-0.2, -0.15) is 0 Å². The quantitative estimate of drug-likeness (QED) is 0.605. The fraction of sp³-hybridized carbons (Fsp3) is 0.471. The van der Waals surface area contributed by atoms with Crippen LogP contribution in [0.25, 0.3) is 0 Å². The van der Waals surface area contributed by atoms with Crippen LogP contribution in [0.2, 0.25) is 0 Å². The lowest BCUT2D eigenvalue weighted by atomic mass is 9.83. The second kappa shape index (κ2) is 5.70. The van der Waals surface area contributed by atoms with E-state index in [0.29, 0.717) is 0 Å². The van der Waals surface area contributed by atoms with E-state index in [1.807, 2.05) is 6.07 Å². The topological polar surface area (TPSA) is 29.5 Å². The number of nitrogens with zero attached hydrogens (tertiary/aromatic N) is 1. The Morgan fingerprint density at radius 2 is 2.10 bits per heavy atom. The summed E-state index contributed by atoms with van der Waals surface area (Å²) in [5.41, 5.74) is 3.32. The molecule has 0 bridgehead atoms. The van der Waals surface area contributed by atoms with Gasteiger partial charge in [-0.15, -0.1) is 0 Å². The summed E-state index contributed by atoms with van der Waals surface area (Å²) in [6.45, 7) is 7.44. The van der Waals surface area contributed by atoms with E-state index in [1.165, 1.54) is 11.3 Å². The molecule has 0 aromatic heterocycles. The Bertz CT molecular complexity index is 532. The van der Waals surface area contributed by atoms with Gasteiger partial charge in [0, 0.05) is 23.3 Å². The van der Waals surface area contributed by atoms with Crippen molar-refractivity contribution >= 4 is 12.0 Å². The van der Waals surface area contributed by atoms with Crippen LogP contribution in [0.3, 0.4) is 0 Å². The largest absolute Gasteiger partial charge is 0.497 e. The van der Waals surface area contributed by atoms with Crippen molar-refractivity contribution < 1.29 is 9.53 Å². The predicted molar refractivity (Wildman–Crippen MR) is 82.4 cm³/mol. The van der Waals surface area contributed by atoms with E-state index in [9.17, 15) is 4.79 Å². The van der Waals surface area contributed by atoms with Gasteiger partial charge in [-0.1, -0.05) is 27.2 Å². The first kappa shape index (κ1) is 14.6. The Labute approximate surface area is 121 Å². The predicted octanol–water partition coefficient (Wildman–Crippen LogP) is 3.68. The fourth-order valence-corrected chi connectivity index (χ4v) is 2.90. The number of methoxy groups -OCH3 is 1. The molecule has 1 aromatic carbocycles. The lowest BCUT2D eigenvalue weighted by Crippen LogP contribution is -2.27. The molecule has 1 aliphatic heterocycles. The highest BCUT2D eigenvalue weighted by molar-refractivity contribution is 5.77. The number of carbonyl (C=O) groups excluding carboxylic acids is 1. The van der Waals surface area contributed by atoms with E-state index in [-0.39, 0.29) is 5.41 Å². The summed E-state index contributed by atoms with van der Waals surface area (Å²) >= 11 is 0. The van der Waals surface area contributed by atoms with Gasteiger partial charge < -0.3 is 9.64 Å². The van der Waals surface area contributed by atoms with Crippen LogP contribution in [-0.4, -0.2) is 19.9 Å². The molecule has 108 valence electrons. The third-order valence-electron chi connectivity index (χ3n) is 4.06. The van der Waals surface area contributed by atoms with E-state index in [0.717, 1.165) is 37.1 Å². The van der Waals surface area contributed by atoms with Gasteiger partial charge in [0.25, 0.3) is 0 Å². The second-order valence-electron chi connectivity index (χ2n) is 5.70. The molecular weight excluding hydrogens is 250 g/mol. The normalized spacial score (nSPS) is 18.2. The summed E-state index contributed by atoms with van der Waals surface area (Å²) in [6.07, 6.45) is 4.83. The van der Waals surface area contributed by atoms with Gasteiger partial charge in [0.05, 0.1) is 7.11 Å². The number of aldehydes is 1. The SMILES string of the molecule is CCCCN1C(=CC=O)C(C)(C)c2cc(OC)ccc21. The zero-order valence-electron chi connectivity index (χ0n) is 12.8. The molecule has 0 fully saturated rings. The van der Waals surface area contributed by atoms with Gasteiger partial charge in [-0.05, 0) is 36.3 Å². The Morgan fingerprint density at radius 1 is 1.35 bits per heavy atom. The Morgan fingerprint density at radius 3 is 2.70 bits per heavy atom. The van der Waals surface area contributed by atoms with Gasteiger partial charge >= 0.3 is 0 Å². The molecule has 1 heterocycles. The number of unbranched alkanes of at least 4 members (excludes halogenated alkanes) is 1. The lowest BCUT2D eigenvalue weighted by molar-refractivity contribution is -0.104. The van der Waals surface area contributed by atoms with Gasteiger partial charge in [-0.25, -0.2) is 0 Å². The highest BCUT2D eigenvalue weighted by atomic mass is 16.5. The maximum absolute atomic E-state index is 11.0. The molecule has 0 amide bonds. The zero-order valence-corrected chi connectivity index (χ0v) is 12.8. The Kier molecular flexibility index (Phi) is 4.17. The number of benzene rings is 1. The maximum atomic E-state index is 11.0. The van der Waals surface area contributed by atoms with Crippen molar-refractivity contribution in [2.24, 2.45) is 0 Å². The molecule has 0 saturated carbocycles. The first-order valence-corrected chi connectivity index (χ1v) is 7.18. The van der Waals surface area contributed by atoms with Crippen molar-refractivity contribution in [1.82, 2.24) is 0 Å². The summed E-state index contributed by atoms with van der Waals surface area (Å²) < 4.78 is 5.34. The fourth-order valence-electron chi connectivity index (χ4n) is 2.90. The van der Waals surface area contributed by atoms with E-state index < -0.39 is 0 Å². The van der Waals surface area contributed by atoms with Gasteiger partial charge in [-0.3, -0.25) is 4.79 Å². The first-order chi connectivity index (χ1) is 9.56. The van der Waals surface area contributed by atoms with Crippen LogP contribution in [0, 0.1) is 0 Å². The highest BCUT2D eigenvalue weighted by Crippen LogP contribution is 2.48. The molecule has 20 heavy (non-hydrogen) atoms. The number of hydrogen-bond acceptors (Lipinski definition) is 3. The molecule has 0 spiro atoms. The average molecular weight is 273 g/mol. The van der Waals surface area contributed by atoms with E-state index in [4.69, 9.17) is 4.74 Å². The van der Waals surface area contributed by atoms with Crippen LogP contribution in [0.4, 0.5) is 5.69 Å². The van der Waals surface area contributed by atoms with Crippen molar-refractivity contribution in [1.29, 1.82) is 0 Å². The highest BCUT2D eigenvalue weighted by Gasteiger charge is 2.39. The molecule has 1 aromatic rings. The summed E-state index contributed by atoms with van der Waals surface area (Å²) in [6, 6.07) is 6.16. The molecule has 0 N–H and O–H groups in total. The average Bonchev–Trinajstić information content (AvgIpc) is 2.65. The number of rotatable bonds is 5. The maximum Gasteiger partial charge on any atom is 0.144 e. The van der Waals surface area contributed by atoms with E-state index in [1.54, 1.807) is 13.2 Å². The van der Waals surface area contributed by atoms with Crippen LogP contribution in [0.5, 0.6) is 5.75 Å². The molecule has 3 heteroatoms. The Balaban J connectivity index is 2.53. The molecule has 0 aliphatic carbocycles. The Hall–Kier alpha value is -1.77. The van der Waals surface area contributed by atoms with Crippen LogP contribution in [0.15, 0.2) is 30.0 Å². The number of hydrogen-bond donors (Lipinski definition) is 0. The number of carbonyl (C=O) groups is 1. The van der Waals surface area contributed by atoms with Crippen LogP contribution >= 0.6 is 0 Å². The number of ether oxygens (including phenoxy) is 1. The molecule has 0 unspecified atom stereocenters. The summed E-state index contributed by atoms with van der Waals surface area (Å²) in [5, 5.41) is 0. The minimum absolute atomic E-state index is 0.168. The van der Waals surface area contributed by atoms with Gasteiger partial charge in [0.1, 0.15) is 12.0 Å².